The number of nitrogens with zero attached hydrogens (tertiary/aromatic N) is 1. The van der Waals surface area contributed by atoms with Gasteiger partial charge < -0.3 is 15.2 Å². The van der Waals surface area contributed by atoms with E-state index in [0.717, 1.165) is 0 Å². The van der Waals surface area contributed by atoms with Crippen molar-refractivity contribution < 1.29 is 19.4 Å². The fourth-order valence-corrected chi connectivity index (χ4v) is 1.25. The van der Waals surface area contributed by atoms with Crippen LogP contribution in [-0.2, 0) is 0 Å². The van der Waals surface area contributed by atoms with Crippen molar-refractivity contribution in [1.29, 1.82) is 0 Å². The van der Waals surface area contributed by atoms with E-state index in [9.17, 15) is 9.59 Å². The third kappa shape index (κ3) is 3.17. The molecule has 0 spiro atoms. The minimum absolute atomic E-state index is 0.0204. The standard InChI is InChI=1S/C11H14N2O4/c1-6(2)13-10(14)8-5-12-9(17-3)4-7(8)11(15)16/h4-6H,1-3H3,(H,13,14)(H,15,16). The van der Waals surface area contributed by atoms with Gasteiger partial charge >= 0.3 is 5.97 Å². The van der Waals surface area contributed by atoms with Crippen LogP contribution in [0.5, 0.6) is 5.88 Å². The molecule has 1 heterocycles. The van der Waals surface area contributed by atoms with Crippen LogP contribution in [0.1, 0.15) is 34.6 Å². The maximum Gasteiger partial charge on any atom is 0.336 e. The number of rotatable bonds is 4. The van der Waals surface area contributed by atoms with Crippen molar-refractivity contribution in [2.45, 2.75) is 19.9 Å². The predicted molar refractivity (Wildman–Crippen MR) is 60.4 cm³/mol. The molecule has 0 unspecified atom stereocenters. The number of amides is 1. The first kappa shape index (κ1) is 13.0. The summed E-state index contributed by atoms with van der Waals surface area (Å²) in [5, 5.41) is 11.6. The molecule has 0 aliphatic rings. The van der Waals surface area contributed by atoms with Crippen LogP contribution in [0.2, 0.25) is 0 Å². The fraction of sp³-hybridized carbons (Fsp3) is 0.364. The summed E-state index contributed by atoms with van der Waals surface area (Å²) >= 11 is 0. The first-order valence-corrected chi connectivity index (χ1v) is 5.04. The van der Waals surface area contributed by atoms with Crippen LogP contribution in [-0.4, -0.2) is 35.1 Å². The van der Waals surface area contributed by atoms with Crippen LogP contribution in [0.4, 0.5) is 0 Å². The minimum Gasteiger partial charge on any atom is -0.481 e. The van der Waals surface area contributed by atoms with E-state index in [1.165, 1.54) is 19.4 Å². The lowest BCUT2D eigenvalue weighted by molar-refractivity contribution is 0.0690. The van der Waals surface area contributed by atoms with Gasteiger partial charge in [0.25, 0.3) is 5.91 Å². The number of hydrogen-bond donors (Lipinski definition) is 2. The number of hydrogen-bond acceptors (Lipinski definition) is 4. The summed E-state index contributed by atoms with van der Waals surface area (Å²) in [6.07, 6.45) is 1.19. The summed E-state index contributed by atoms with van der Waals surface area (Å²) in [4.78, 5) is 26.6. The van der Waals surface area contributed by atoms with Crippen molar-refractivity contribution in [3.05, 3.63) is 23.4 Å². The van der Waals surface area contributed by atoms with Gasteiger partial charge in [0.2, 0.25) is 5.88 Å². The molecule has 6 nitrogen and oxygen atoms in total. The molecule has 0 saturated heterocycles. The van der Waals surface area contributed by atoms with E-state index in [-0.39, 0.29) is 23.0 Å². The van der Waals surface area contributed by atoms with Gasteiger partial charge in [-0.25, -0.2) is 9.78 Å². The summed E-state index contributed by atoms with van der Waals surface area (Å²) < 4.78 is 4.81. The fourth-order valence-electron chi connectivity index (χ4n) is 1.25. The predicted octanol–water partition coefficient (Wildman–Crippen LogP) is 0.927. The van der Waals surface area contributed by atoms with Gasteiger partial charge in [0, 0.05) is 18.3 Å². The third-order valence-corrected chi connectivity index (χ3v) is 1.98. The summed E-state index contributed by atoms with van der Waals surface area (Å²) in [5.74, 6) is -1.50. The molecule has 0 radical (unpaired) electrons. The molecule has 6 heteroatoms. The molecule has 0 aromatic carbocycles. The number of aromatic carboxylic acids is 1. The number of methoxy groups -OCH3 is 1. The van der Waals surface area contributed by atoms with Gasteiger partial charge in [0.15, 0.2) is 0 Å². The topological polar surface area (TPSA) is 88.5 Å². The Kier molecular flexibility index (Phi) is 4.03. The van der Waals surface area contributed by atoms with Crippen molar-refractivity contribution in [2.75, 3.05) is 7.11 Å². The quantitative estimate of drug-likeness (QED) is 0.814. The lowest BCUT2D eigenvalue weighted by Crippen LogP contribution is -2.31. The number of carboxylic acid groups (broad SMARTS) is 1. The normalized spacial score (nSPS) is 10.1. The zero-order valence-corrected chi connectivity index (χ0v) is 9.85. The monoisotopic (exact) mass is 238 g/mol. The largest absolute Gasteiger partial charge is 0.481 e. The third-order valence-electron chi connectivity index (χ3n) is 1.98. The Hall–Kier alpha value is -2.11. The molecule has 1 amide bonds. The molecule has 1 rings (SSSR count). The highest BCUT2D eigenvalue weighted by molar-refractivity contribution is 6.04. The lowest BCUT2D eigenvalue weighted by Gasteiger charge is -2.10. The van der Waals surface area contributed by atoms with Crippen LogP contribution < -0.4 is 10.1 Å². The zero-order valence-electron chi connectivity index (χ0n) is 9.85. The molecule has 1 aromatic rings. The van der Waals surface area contributed by atoms with E-state index < -0.39 is 11.9 Å². The van der Waals surface area contributed by atoms with Crippen LogP contribution in [0.25, 0.3) is 0 Å². The molecular formula is C11H14N2O4. The Labute approximate surface area is 98.6 Å². The second kappa shape index (κ2) is 5.29. The molecular weight excluding hydrogens is 224 g/mol. The van der Waals surface area contributed by atoms with Crippen molar-refractivity contribution in [3.63, 3.8) is 0 Å². The van der Waals surface area contributed by atoms with Crippen molar-refractivity contribution >= 4 is 11.9 Å². The molecule has 0 aliphatic carbocycles. The van der Waals surface area contributed by atoms with Crippen molar-refractivity contribution in [2.24, 2.45) is 0 Å². The number of nitrogens with one attached hydrogen (secondary N) is 1. The van der Waals surface area contributed by atoms with E-state index in [2.05, 4.69) is 10.3 Å². The van der Waals surface area contributed by atoms with Gasteiger partial charge in [-0.3, -0.25) is 4.79 Å². The van der Waals surface area contributed by atoms with Crippen molar-refractivity contribution in [1.82, 2.24) is 10.3 Å². The minimum atomic E-state index is -1.19. The number of carboxylic acids is 1. The van der Waals surface area contributed by atoms with Gasteiger partial charge in [-0.1, -0.05) is 0 Å². The second-order valence-electron chi connectivity index (χ2n) is 3.71. The first-order valence-electron chi connectivity index (χ1n) is 5.04. The van der Waals surface area contributed by atoms with E-state index in [0.29, 0.717) is 0 Å². The van der Waals surface area contributed by atoms with Gasteiger partial charge in [-0.15, -0.1) is 0 Å². The molecule has 92 valence electrons. The highest BCUT2D eigenvalue weighted by Crippen LogP contribution is 2.14. The SMILES string of the molecule is COc1cc(C(=O)O)c(C(=O)NC(C)C)cn1. The van der Waals surface area contributed by atoms with Gasteiger partial charge in [0.05, 0.1) is 18.2 Å². The molecule has 2 N–H and O–H groups in total. The smallest absolute Gasteiger partial charge is 0.336 e. The number of pyridine rings is 1. The van der Waals surface area contributed by atoms with Gasteiger partial charge in [-0.2, -0.15) is 0 Å². The summed E-state index contributed by atoms with van der Waals surface area (Å²) in [5.41, 5.74) is -0.109. The van der Waals surface area contributed by atoms with Gasteiger partial charge in [-0.05, 0) is 13.8 Å². The summed E-state index contributed by atoms with van der Waals surface area (Å²) in [7, 11) is 1.38. The summed E-state index contributed by atoms with van der Waals surface area (Å²) in [6, 6.07) is 1.14. The zero-order chi connectivity index (χ0) is 13.0. The van der Waals surface area contributed by atoms with Crippen LogP contribution in [0.3, 0.4) is 0 Å². The Morgan fingerprint density at radius 2 is 2.06 bits per heavy atom. The maximum absolute atomic E-state index is 11.7. The molecule has 0 fully saturated rings. The van der Waals surface area contributed by atoms with Crippen LogP contribution in [0, 0.1) is 0 Å². The molecule has 17 heavy (non-hydrogen) atoms. The first-order chi connectivity index (χ1) is 7.95. The Bertz CT molecular complexity index is 443. The highest BCUT2D eigenvalue weighted by atomic mass is 16.5. The number of carbonyl (C=O) groups is 2. The molecule has 0 aliphatic heterocycles. The molecule has 1 aromatic heterocycles. The lowest BCUT2D eigenvalue weighted by atomic mass is 10.1. The van der Waals surface area contributed by atoms with E-state index >= 15 is 0 Å². The van der Waals surface area contributed by atoms with Crippen molar-refractivity contribution in [3.8, 4) is 5.88 Å². The average molecular weight is 238 g/mol. The number of aromatic nitrogens is 1. The van der Waals surface area contributed by atoms with E-state index in [1.54, 1.807) is 13.8 Å². The Morgan fingerprint density at radius 3 is 2.53 bits per heavy atom. The number of carbonyl (C=O) groups excluding carboxylic acids is 1. The summed E-state index contributed by atoms with van der Waals surface area (Å²) in [6.45, 7) is 3.57. The van der Waals surface area contributed by atoms with E-state index in [4.69, 9.17) is 9.84 Å². The Morgan fingerprint density at radius 1 is 1.41 bits per heavy atom. The average Bonchev–Trinajstić information content (AvgIpc) is 2.27. The molecule has 0 atom stereocenters. The number of ether oxygens (including phenoxy) is 1. The van der Waals surface area contributed by atoms with Crippen LogP contribution >= 0.6 is 0 Å². The maximum atomic E-state index is 11.7. The molecule has 0 saturated carbocycles. The second-order valence-corrected chi connectivity index (χ2v) is 3.71. The van der Waals surface area contributed by atoms with Crippen LogP contribution in [0.15, 0.2) is 12.3 Å². The molecule has 0 bridgehead atoms. The Balaban J connectivity index is 3.14. The highest BCUT2D eigenvalue weighted by Gasteiger charge is 2.18. The van der Waals surface area contributed by atoms with E-state index in [1.807, 2.05) is 0 Å². The van der Waals surface area contributed by atoms with Gasteiger partial charge in [0.1, 0.15) is 0 Å².